The fraction of sp³-hybridized carbons (Fsp3) is 0.875. The molecule has 0 aromatic carbocycles. The van der Waals surface area contributed by atoms with Gasteiger partial charge in [0, 0.05) is 13.0 Å². The van der Waals surface area contributed by atoms with Crippen LogP contribution in [0.3, 0.4) is 0 Å². The van der Waals surface area contributed by atoms with Crippen LogP contribution in [0.25, 0.3) is 0 Å². The van der Waals surface area contributed by atoms with Gasteiger partial charge in [-0.15, -0.1) is 0 Å². The van der Waals surface area contributed by atoms with E-state index in [1.54, 1.807) is 6.92 Å². The minimum atomic E-state index is -3.15. The summed E-state index contributed by atoms with van der Waals surface area (Å²) in [5.41, 5.74) is -0.226. The molecule has 1 aliphatic rings. The van der Waals surface area contributed by atoms with Gasteiger partial charge in [-0.25, -0.2) is 13.1 Å². The Kier molecular flexibility index (Phi) is 2.94. The van der Waals surface area contributed by atoms with E-state index in [2.05, 4.69) is 4.72 Å². The van der Waals surface area contributed by atoms with Crippen molar-refractivity contribution in [3.8, 4) is 6.07 Å². The van der Waals surface area contributed by atoms with E-state index in [-0.39, 0.29) is 11.2 Å². The predicted molar refractivity (Wildman–Crippen MR) is 49.4 cm³/mol. The predicted octanol–water partition coefficient (Wildman–Crippen LogP) is 0.620. The molecule has 1 saturated carbocycles. The zero-order chi connectivity index (χ0) is 9.95. The fourth-order valence-electron chi connectivity index (χ4n) is 1.39. The Bertz CT molecular complexity index is 312. The van der Waals surface area contributed by atoms with Crippen molar-refractivity contribution >= 4 is 10.0 Å². The van der Waals surface area contributed by atoms with Gasteiger partial charge >= 0.3 is 0 Å². The summed E-state index contributed by atoms with van der Waals surface area (Å²) in [6.07, 6.45) is 2.09. The summed E-state index contributed by atoms with van der Waals surface area (Å²) >= 11 is 0. The summed E-state index contributed by atoms with van der Waals surface area (Å²) in [4.78, 5) is 0. The Morgan fingerprint density at radius 1 is 1.54 bits per heavy atom. The maximum atomic E-state index is 11.3. The zero-order valence-corrected chi connectivity index (χ0v) is 8.52. The molecule has 0 radical (unpaired) electrons. The molecular weight excluding hydrogens is 188 g/mol. The molecule has 0 aliphatic heterocycles. The lowest BCUT2D eigenvalue weighted by Crippen LogP contribution is -2.30. The van der Waals surface area contributed by atoms with E-state index in [1.165, 1.54) is 0 Å². The average Bonchev–Trinajstić information content (AvgIpc) is 2.68. The molecule has 0 saturated heterocycles. The van der Waals surface area contributed by atoms with Crippen LogP contribution < -0.4 is 4.72 Å². The van der Waals surface area contributed by atoms with Crippen molar-refractivity contribution in [2.24, 2.45) is 5.41 Å². The molecule has 0 unspecified atom stereocenters. The van der Waals surface area contributed by atoms with Crippen molar-refractivity contribution in [3.63, 3.8) is 0 Å². The number of rotatable bonds is 5. The Morgan fingerprint density at radius 2 is 2.15 bits per heavy atom. The standard InChI is InChI=1S/C8H14N2O2S/c1-2-10-13(11,12)7-8(3-4-8)5-6-9/h10H,2-5,7H2,1H3. The molecule has 0 heterocycles. The van der Waals surface area contributed by atoms with Gasteiger partial charge in [-0.05, 0) is 18.3 Å². The molecule has 0 bridgehead atoms. The number of nitrogens with one attached hydrogen (secondary N) is 1. The monoisotopic (exact) mass is 202 g/mol. The molecule has 5 heteroatoms. The van der Waals surface area contributed by atoms with Gasteiger partial charge in [0.15, 0.2) is 0 Å². The molecule has 1 aliphatic carbocycles. The number of hydrogen-bond donors (Lipinski definition) is 1. The number of nitrogens with zero attached hydrogens (tertiary/aromatic N) is 1. The van der Waals surface area contributed by atoms with Crippen molar-refractivity contribution < 1.29 is 8.42 Å². The van der Waals surface area contributed by atoms with Gasteiger partial charge in [0.2, 0.25) is 10.0 Å². The first-order valence-electron chi connectivity index (χ1n) is 4.38. The molecule has 0 spiro atoms. The largest absolute Gasteiger partial charge is 0.215 e. The lowest BCUT2D eigenvalue weighted by molar-refractivity contribution is 0.539. The van der Waals surface area contributed by atoms with Crippen LogP contribution in [-0.4, -0.2) is 20.7 Å². The molecule has 1 N–H and O–H groups in total. The highest BCUT2D eigenvalue weighted by Gasteiger charge is 2.45. The van der Waals surface area contributed by atoms with Crippen molar-refractivity contribution in [1.29, 1.82) is 5.26 Å². The lowest BCUT2D eigenvalue weighted by Gasteiger charge is -2.10. The van der Waals surface area contributed by atoms with Crippen molar-refractivity contribution in [2.45, 2.75) is 26.2 Å². The Hall–Kier alpha value is -0.600. The molecule has 1 rings (SSSR count). The quantitative estimate of drug-likeness (QED) is 0.710. The van der Waals surface area contributed by atoms with Crippen LogP contribution >= 0.6 is 0 Å². The summed E-state index contributed by atoms with van der Waals surface area (Å²) in [5.74, 6) is 0.113. The summed E-state index contributed by atoms with van der Waals surface area (Å²) in [7, 11) is -3.15. The molecule has 0 amide bonds. The minimum absolute atomic E-state index is 0.113. The topological polar surface area (TPSA) is 70.0 Å². The van der Waals surface area contributed by atoms with Crippen molar-refractivity contribution in [2.75, 3.05) is 12.3 Å². The van der Waals surface area contributed by atoms with E-state index in [4.69, 9.17) is 5.26 Å². The van der Waals surface area contributed by atoms with E-state index in [0.29, 0.717) is 13.0 Å². The third-order valence-corrected chi connectivity index (χ3v) is 3.99. The van der Waals surface area contributed by atoms with E-state index in [0.717, 1.165) is 12.8 Å². The maximum Gasteiger partial charge on any atom is 0.212 e. The van der Waals surface area contributed by atoms with Crippen LogP contribution in [0.15, 0.2) is 0 Å². The van der Waals surface area contributed by atoms with Gasteiger partial charge in [-0.1, -0.05) is 6.92 Å². The molecule has 13 heavy (non-hydrogen) atoms. The van der Waals surface area contributed by atoms with E-state index < -0.39 is 10.0 Å². The highest BCUT2D eigenvalue weighted by Crippen LogP contribution is 2.49. The third kappa shape index (κ3) is 2.98. The van der Waals surface area contributed by atoms with Crippen LogP contribution in [-0.2, 0) is 10.0 Å². The van der Waals surface area contributed by atoms with Gasteiger partial charge in [0.05, 0.1) is 11.8 Å². The first-order chi connectivity index (χ1) is 6.04. The number of hydrogen-bond acceptors (Lipinski definition) is 3. The highest BCUT2D eigenvalue weighted by molar-refractivity contribution is 7.89. The van der Waals surface area contributed by atoms with Gasteiger partial charge in [-0.2, -0.15) is 5.26 Å². The second kappa shape index (κ2) is 3.64. The maximum absolute atomic E-state index is 11.3. The number of sulfonamides is 1. The van der Waals surface area contributed by atoms with Crippen LogP contribution in [0.1, 0.15) is 26.2 Å². The first kappa shape index (κ1) is 10.5. The second-order valence-corrected chi connectivity index (χ2v) is 5.40. The van der Waals surface area contributed by atoms with Crippen LogP contribution in [0.2, 0.25) is 0 Å². The molecule has 74 valence electrons. The molecule has 0 aromatic rings. The van der Waals surface area contributed by atoms with Gasteiger partial charge in [0.1, 0.15) is 0 Å². The SMILES string of the molecule is CCNS(=O)(=O)CC1(CC#N)CC1. The number of nitriles is 1. The Morgan fingerprint density at radius 3 is 2.54 bits per heavy atom. The summed E-state index contributed by atoms with van der Waals surface area (Å²) in [6, 6.07) is 2.04. The Labute approximate surface area is 79.0 Å². The minimum Gasteiger partial charge on any atom is -0.215 e. The van der Waals surface area contributed by atoms with Crippen LogP contribution in [0, 0.1) is 16.7 Å². The Balaban J connectivity index is 2.54. The average molecular weight is 202 g/mol. The van der Waals surface area contributed by atoms with Crippen LogP contribution in [0.5, 0.6) is 0 Å². The van der Waals surface area contributed by atoms with Gasteiger partial charge in [-0.3, -0.25) is 0 Å². The van der Waals surface area contributed by atoms with Gasteiger partial charge < -0.3 is 0 Å². The highest BCUT2D eigenvalue weighted by atomic mass is 32.2. The van der Waals surface area contributed by atoms with E-state index in [9.17, 15) is 8.42 Å². The molecule has 0 aromatic heterocycles. The molecular formula is C8H14N2O2S. The van der Waals surface area contributed by atoms with E-state index in [1.807, 2.05) is 6.07 Å². The second-order valence-electron chi connectivity index (χ2n) is 3.59. The normalized spacial score (nSPS) is 19.4. The summed E-state index contributed by atoms with van der Waals surface area (Å²) in [5, 5.41) is 8.50. The zero-order valence-electron chi connectivity index (χ0n) is 7.71. The summed E-state index contributed by atoms with van der Waals surface area (Å²) < 4.78 is 25.1. The smallest absolute Gasteiger partial charge is 0.212 e. The van der Waals surface area contributed by atoms with Crippen LogP contribution in [0.4, 0.5) is 0 Å². The molecule has 4 nitrogen and oxygen atoms in total. The molecule has 1 fully saturated rings. The molecule has 0 atom stereocenters. The van der Waals surface area contributed by atoms with Gasteiger partial charge in [0.25, 0.3) is 0 Å². The lowest BCUT2D eigenvalue weighted by atomic mass is 10.1. The van der Waals surface area contributed by atoms with E-state index >= 15 is 0 Å². The first-order valence-corrected chi connectivity index (χ1v) is 6.03. The summed E-state index contributed by atoms with van der Waals surface area (Å²) in [6.45, 7) is 2.17. The van der Waals surface area contributed by atoms with Crippen molar-refractivity contribution in [1.82, 2.24) is 4.72 Å². The third-order valence-electron chi connectivity index (χ3n) is 2.27. The fourth-order valence-corrected chi connectivity index (χ4v) is 3.13. The van der Waals surface area contributed by atoms with Crippen molar-refractivity contribution in [3.05, 3.63) is 0 Å².